The molecule has 0 heterocycles. The molecule has 0 saturated heterocycles. The van der Waals surface area contributed by atoms with Crippen LogP contribution in [0.4, 0.5) is 5.69 Å². The maximum atomic E-state index is 5.49. The molecule has 0 atom stereocenters. The van der Waals surface area contributed by atoms with Crippen molar-refractivity contribution in [2.45, 2.75) is 13.8 Å². The first-order valence-electron chi connectivity index (χ1n) is 6.64. The Morgan fingerprint density at radius 2 is 1.80 bits per heavy atom. The number of aliphatic imine (C=N–C) groups is 1. The van der Waals surface area contributed by atoms with Gasteiger partial charge in [-0.1, -0.05) is 17.7 Å². The molecule has 20 heavy (non-hydrogen) atoms. The fourth-order valence-electron chi connectivity index (χ4n) is 1.82. The summed E-state index contributed by atoms with van der Waals surface area (Å²) in [7, 11) is 1.64. The van der Waals surface area contributed by atoms with Crippen molar-refractivity contribution >= 4 is 11.9 Å². The van der Waals surface area contributed by atoms with Crippen LogP contribution in [0.3, 0.4) is 0 Å². The largest absolute Gasteiger partial charge is 0.493 e. The summed E-state index contributed by atoms with van der Waals surface area (Å²) in [6.07, 6.45) is 1.82. The highest BCUT2D eigenvalue weighted by Crippen LogP contribution is 2.27. The van der Waals surface area contributed by atoms with E-state index in [9.17, 15) is 0 Å². The second-order valence-electron chi connectivity index (χ2n) is 4.44. The number of ether oxygens (including phenoxy) is 2. The first-order valence-corrected chi connectivity index (χ1v) is 6.64. The first-order chi connectivity index (χ1) is 9.72. The summed E-state index contributed by atoms with van der Waals surface area (Å²) in [6, 6.07) is 13.9. The van der Waals surface area contributed by atoms with E-state index < -0.39 is 0 Å². The van der Waals surface area contributed by atoms with Gasteiger partial charge in [-0.3, -0.25) is 4.99 Å². The smallest absolute Gasteiger partial charge is 0.161 e. The molecule has 0 bridgehead atoms. The van der Waals surface area contributed by atoms with Crippen LogP contribution in [0.5, 0.6) is 11.5 Å². The highest BCUT2D eigenvalue weighted by Gasteiger charge is 2.03. The van der Waals surface area contributed by atoms with Gasteiger partial charge >= 0.3 is 0 Å². The minimum atomic E-state index is 0.618. The van der Waals surface area contributed by atoms with E-state index >= 15 is 0 Å². The fraction of sp³-hybridized carbons (Fsp3) is 0.235. The molecule has 0 fully saturated rings. The average Bonchev–Trinajstić information content (AvgIpc) is 2.48. The molecule has 0 amide bonds. The van der Waals surface area contributed by atoms with E-state index in [1.807, 2.05) is 55.6 Å². The van der Waals surface area contributed by atoms with E-state index in [2.05, 4.69) is 11.9 Å². The van der Waals surface area contributed by atoms with Gasteiger partial charge in [-0.15, -0.1) is 0 Å². The Labute approximate surface area is 119 Å². The lowest BCUT2D eigenvalue weighted by atomic mass is 10.2. The quantitative estimate of drug-likeness (QED) is 0.763. The van der Waals surface area contributed by atoms with Gasteiger partial charge in [-0.25, -0.2) is 0 Å². The number of benzene rings is 2. The van der Waals surface area contributed by atoms with Gasteiger partial charge in [0.05, 0.1) is 19.4 Å². The third-order valence-corrected chi connectivity index (χ3v) is 2.88. The van der Waals surface area contributed by atoms with E-state index in [0.717, 1.165) is 22.7 Å². The van der Waals surface area contributed by atoms with Crippen molar-refractivity contribution < 1.29 is 9.47 Å². The van der Waals surface area contributed by atoms with Gasteiger partial charge in [0, 0.05) is 6.21 Å². The van der Waals surface area contributed by atoms with Crippen LogP contribution in [0.15, 0.2) is 47.5 Å². The Morgan fingerprint density at radius 3 is 2.45 bits per heavy atom. The molecule has 2 rings (SSSR count). The zero-order valence-corrected chi connectivity index (χ0v) is 12.1. The van der Waals surface area contributed by atoms with E-state index in [0.29, 0.717) is 6.61 Å². The summed E-state index contributed by atoms with van der Waals surface area (Å²) in [5.74, 6) is 1.47. The molecule has 3 heteroatoms. The molecule has 2 aromatic rings. The Kier molecular flexibility index (Phi) is 4.77. The van der Waals surface area contributed by atoms with Crippen molar-refractivity contribution in [3.8, 4) is 11.5 Å². The second-order valence-corrected chi connectivity index (χ2v) is 4.44. The molecule has 0 unspecified atom stereocenters. The Morgan fingerprint density at radius 1 is 1.05 bits per heavy atom. The lowest BCUT2D eigenvalue weighted by Gasteiger charge is -2.09. The van der Waals surface area contributed by atoms with Crippen LogP contribution in [-0.2, 0) is 0 Å². The van der Waals surface area contributed by atoms with Gasteiger partial charge in [-0.05, 0) is 49.7 Å². The third kappa shape index (κ3) is 3.60. The zero-order chi connectivity index (χ0) is 14.4. The van der Waals surface area contributed by atoms with E-state index in [1.54, 1.807) is 7.11 Å². The third-order valence-electron chi connectivity index (χ3n) is 2.88. The lowest BCUT2D eigenvalue weighted by Crippen LogP contribution is -1.96. The van der Waals surface area contributed by atoms with E-state index in [4.69, 9.17) is 9.47 Å². The van der Waals surface area contributed by atoms with E-state index in [-0.39, 0.29) is 0 Å². The maximum Gasteiger partial charge on any atom is 0.161 e. The number of aryl methyl sites for hydroxylation is 1. The Bertz CT molecular complexity index is 588. The maximum absolute atomic E-state index is 5.49. The standard InChI is InChI=1S/C17H19NO2/c1-4-20-16-10-7-14(11-17(16)19-3)12-18-15-8-5-13(2)6-9-15/h5-12H,4H2,1-3H3. The van der Waals surface area contributed by atoms with Crippen LogP contribution in [-0.4, -0.2) is 19.9 Å². The second kappa shape index (κ2) is 6.75. The van der Waals surface area contributed by atoms with Gasteiger partial charge < -0.3 is 9.47 Å². The van der Waals surface area contributed by atoms with Crippen LogP contribution < -0.4 is 9.47 Å². The number of hydrogen-bond acceptors (Lipinski definition) is 3. The highest BCUT2D eigenvalue weighted by molar-refractivity contribution is 5.83. The summed E-state index contributed by atoms with van der Waals surface area (Å²) < 4.78 is 10.8. The Hall–Kier alpha value is -2.29. The number of rotatable bonds is 5. The molecule has 0 saturated carbocycles. The van der Waals surface area contributed by atoms with Gasteiger partial charge in [-0.2, -0.15) is 0 Å². The molecule has 2 aromatic carbocycles. The minimum Gasteiger partial charge on any atom is -0.493 e. The van der Waals surface area contributed by atoms with E-state index in [1.165, 1.54) is 5.56 Å². The first kappa shape index (κ1) is 14.1. The zero-order valence-electron chi connectivity index (χ0n) is 12.1. The SMILES string of the molecule is CCOc1ccc(C=Nc2ccc(C)cc2)cc1OC. The minimum absolute atomic E-state index is 0.618. The lowest BCUT2D eigenvalue weighted by molar-refractivity contribution is 0.311. The Balaban J connectivity index is 2.18. The summed E-state index contributed by atoms with van der Waals surface area (Å²) in [5, 5.41) is 0. The summed E-state index contributed by atoms with van der Waals surface area (Å²) in [5.41, 5.74) is 3.14. The molecule has 0 radical (unpaired) electrons. The van der Waals surface area contributed by atoms with Crippen LogP contribution in [0.2, 0.25) is 0 Å². The van der Waals surface area contributed by atoms with Crippen molar-refractivity contribution in [3.63, 3.8) is 0 Å². The number of nitrogens with zero attached hydrogens (tertiary/aromatic N) is 1. The molecular formula is C17H19NO2. The molecular weight excluding hydrogens is 250 g/mol. The van der Waals surface area contributed by atoms with Crippen LogP contribution >= 0.6 is 0 Å². The van der Waals surface area contributed by atoms with Crippen molar-refractivity contribution in [3.05, 3.63) is 53.6 Å². The van der Waals surface area contributed by atoms with Crippen LogP contribution in [0.1, 0.15) is 18.1 Å². The van der Waals surface area contributed by atoms with Crippen LogP contribution in [0, 0.1) is 6.92 Å². The molecule has 0 aliphatic heterocycles. The predicted octanol–water partition coefficient (Wildman–Crippen LogP) is 4.15. The van der Waals surface area contributed by atoms with Crippen LogP contribution in [0.25, 0.3) is 0 Å². The normalized spacial score (nSPS) is 10.8. The molecule has 0 aliphatic rings. The molecule has 0 aliphatic carbocycles. The van der Waals surface area contributed by atoms with Gasteiger partial charge in [0.25, 0.3) is 0 Å². The summed E-state index contributed by atoms with van der Waals surface area (Å²) in [4.78, 5) is 4.45. The predicted molar refractivity (Wildman–Crippen MR) is 82.6 cm³/mol. The topological polar surface area (TPSA) is 30.8 Å². The van der Waals surface area contributed by atoms with Gasteiger partial charge in [0.15, 0.2) is 11.5 Å². The molecule has 3 nitrogen and oxygen atoms in total. The summed E-state index contributed by atoms with van der Waals surface area (Å²) >= 11 is 0. The molecule has 0 spiro atoms. The van der Waals surface area contributed by atoms with Crippen molar-refractivity contribution in [2.75, 3.05) is 13.7 Å². The van der Waals surface area contributed by atoms with Crippen molar-refractivity contribution in [2.24, 2.45) is 4.99 Å². The number of methoxy groups -OCH3 is 1. The van der Waals surface area contributed by atoms with Gasteiger partial charge in [0.1, 0.15) is 0 Å². The molecule has 104 valence electrons. The molecule has 0 aromatic heterocycles. The monoisotopic (exact) mass is 269 g/mol. The molecule has 0 N–H and O–H groups in total. The van der Waals surface area contributed by atoms with Crippen molar-refractivity contribution in [1.82, 2.24) is 0 Å². The fourth-order valence-corrected chi connectivity index (χ4v) is 1.82. The summed E-state index contributed by atoms with van der Waals surface area (Å²) in [6.45, 7) is 4.63. The number of hydrogen-bond donors (Lipinski definition) is 0. The average molecular weight is 269 g/mol. The highest BCUT2D eigenvalue weighted by atomic mass is 16.5. The van der Waals surface area contributed by atoms with Gasteiger partial charge in [0.2, 0.25) is 0 Å². The van der Waals surface area contributed by atoms with Crippen molar-refractivity contribution in [1.29, 1.82) is 0 Å².